The zero-order chi connectivity index (χ0) is 16.7. The summed E-state index contributed by atoms with van der Waals surface area (Å²) in [6.45, 7) is 6.54. The fourth-order valence-electron chi connectivity index (χ4n) is 7.76. The van der Waals surface area contributed by atoms with Gasteiger partial charge in [-0.05, 0) is 74.5 Å². The minimum atomic E-state index is -0.604. The third-order valence-electron chi connectivity index (χ3n) is 8.84. The standard InChI is InChI=1S/C20H30O3/c1-17-9-5-14-18(2)7-4-8-19(3,16(22)23)13(18)6-10-20(14,12-17)11-15(17)21/h13-14H,4-12H2,1-3H3,(H,22,23)/t13-,14-,17-,18-,19+,20+/m0/s1. The summed E-state index contributed by atoms with van der Waals surface area (Å²) in [6, 6.07) is 0. The van der Waals surface area contributed by atoms with E-state index in [1.165, 1.54) is 0 Å². The zero-order valence-electron chi connectivity index (χ0n) is 14.8. The van der Waals surface area contributed by atoms with Gasteiger partial charge in [0.05, 0.1) is 5.41 Å². The lowest BCUT2D eigenvalue weighted by Crippen LogP contribution is -2.58. The lowest BCUT2D eigenvalue weighted by atomic mass is 9.40. The van der Waals surface area contributed by atoms with Crippen molar-refractivity contribution in [3.05, 3.63) is 0 Å². The van der Waals surface area contributed by atoms with Gasteiger partial charge in [0.15, 0.2) is 0 Å². The number of Topliss-reactive ketones (excluding diaryl/α,β-unsaturated/α-hetero) is 1. The highest BCUT2D eigenvalue weighted by Gasteiger charge is 2.68. The molecule has 0 amide bonds. The normalized spacial score (nSPS) is 55.2. The minimum Gasteiger partial charge on any atom is -0.481 e. The SMILES string of the molecule is C[C@@]12CC[C@@H]3[C@](CC[C@H]4[C@]3(C)CCC[C@@]4(C)C(=O)O)(CC1=O)C2. The molecule has 3 nitrogen and oxygen atoms in total. The number of carbonyl (C=O) groups is 2. The van der Waals surface area contributed by atoms with Crippen LogP contribution in [-0.2, 0) is 9.59 Å². The topological polar surface area (TPSA) is 54.4 Å². The molecule has 0 heterocycles. The first kappa shape index (κ1) is 15.7. The summed E-state index contributed by atoms with van der Waals surface area (Å²) in [5.41, 5.74) is -0.357. The van der Waals surface area contributed by atoms with Crippen molar-refractivity contribution in [3.8, 4) is 0 Å². The number of fused-ring (bicyclic) bond motifs is 3. The number of carbonyl (C=O) groups excluding carboxylic acids is 1. The summed E-state index contributed by atoms with van der Waals surface area (Å²) < 4.78 is 0. The fourth-order valence-corrected chi connectivity index (χ4v) is 7.76. The first-order chi connectivity index (χ1) is 10.7. The average Bonchev–Trinajstić information content (AvgIpc) is 2.63. The molecule has 4 aliphatic carbocycles. The van der Waals surface area contributed by atoms with E-state index in [-0.39, 0.29) is 22.2 Å². The number of aliphatic carboxylic acids is 1. The van der Waals surface area contributed by atoms with Gasteiger partial charge in [-0.15, -0.1) is 0 Å². The summed E-state index contributed by atoms with van der Waals surface area (Å²) in [4.78, 5) is 24.7. The predicted octanol–water partition coefficient (Wildman–Crippen LogP) is 4.44. The molecule has 4 aliphatic rings. The summed E-state index contributed by atoms with van der Waals surface area (Å²) >= 11 is 0. The van der Waals surface area contributed by atoms with E-state index in [2.05, 4.69) is 13.8 Å². The third kappa shape index (κ3) is 1.77. The molecule has 6 atom stereocenters. The monoisotopic (exact) mass is 318 g/mol. The molecule has 128 valence electrons. The Kier molecular flexibility index (Phi) is 3.00. The second kappa shape index (κ2) is 4.40. The Bertz CT molecular complexity index is 583. The van der Waals surface area contributed by atoms with Crippen molar-refractivity contribution in [2.45, 2.75) is 78.6 Å². The minimum absolute atomic E-state index is 0.0789. The summed E-state index contributed by atoms with van der Waals surface area (Å²) in [5.74, 6) is 0.704. The number of carboxylic acids is 1. The van der Waals surface area contributed by atoms with Gasteiger partial charge < -0.3 is 5.11 Å². The summed E-state index contributed by atoms with van der Waals surface area (Å²) in [5, 5.41) is 9.91. The average molecular weight is 318 g/mol. The van der Waals surface area contributed by atoms with Gasteiger partial charge in [-0.1, -0.05) is 20.3 Å². The number of rotatable bonds is 1. The van der Waals surface area contributed by atoms with E-state index in [0.717, 1.165) is 57.8 Å². The molecule has 3 heteroatoms. The van der Waals surface area contributed by atoms with Gasteiger partial charge in [-0.3, -0.25) is 9.59 Å². The zero-order valence-corrected chi connectivity index (χ0v) is 14.8. The summed E-state index contributed by atoms with van der Waals surface area (Å²) in [6.07, 6.45) is 9.04. The van der Waals surface area contributed by atoms with Crippen LogP contribution in [-0.4, -0.2) is 16.9 Å². The van der Waals surface area contributed by atoms with Crippen molar-refractivity contribution in [3.63, 3.8) is 0 Å². The van der Waals surface area contributed by atoms with Crippen LogP contribution < -0.4 is 0 Å². The van der Waals surface area contributed by atoms with E-state index in [1.807, 2.05) is 6.92 Å². The van der Waals surface area contributed by atoms with Crippen LogP contribution in [0.2, 0.25) is 0 Å². The highest BCUT2D eigenvalue weighted by molar-refractivity contribution is 5.88. The molecule has 1 N–H and O–H groups in total. The quantitative estimate of drug-likeness (QED) is 0.777. The molecular formula is C20H30O3. The Morgan fingerprint density at radius 1 is 1.04 bits per heavy atom. The van der Waals surface area contributed by atoms with E-state index >= 15 is 0 Å². The maximum Gasteiger partial charge on any atom is 0.309 e. The predicted molar refractivity (Wildman–Crippen MR) is 87.9 cm³/mol. The molecule has 4 fully saturated rings. The molecular weight excluding hydrogens is 288 g/mol. The van der Waals surface area contributed by atoms with Crippen LogP contribution in [0.5, 0.6) is 0 Å². The molecule has 0 aromatic rings. The van der Waals surface area contributed by atoms with Crippen molar-refractivity contribution < 1.29 is 14.7 Å². The fraction of sp³-hybridized carbons (Fsp3) is 0.900. The Hall–Kier alpha value is -0.860. The van der Waals surface area contributed by atoms with E-state index in [0.29, 0.717) is 11.7 Å². The first-order valence-electron chi connectivity index (χ1n) is 9.43. The molecule has 2 bridgehead atoms. The van der Waals surface area contributed by atoms with E-state index in [9.17, 15) is 14.7 Å². The molecule has 23 heavy (non-hydrogen) atoms. The van der Waals surface area contributed by atoms with Crippen LogP contribution in [0.15, 0.2) is 0 Å². The molecule has 1 spiro atoms. The maximum atomic E-state index is 12.6. The highest BCUT2D eigenvalue weighted by Crippen LogP contribution is 2.72. The number of hydrogen-bond acceptors (Lipinski definition) is 2. The largest absolute Gasteiger partial charge is 0.481 e. The van der Waals surface area contributed by atoms with Crippen LogP contribution in [0.4, 0.5) is 0 Å². The molecule has 0 radical (unpaired) electrons. The van der Waals surface area contributed by atoms with Gasteiger partial charge in [0.1, 0.15) is 5.78 Å². The van der Waals surface area contributed by atoms with Gasteiger partial charge in [0.2, 0.25) is 0 Å². The van der Waals surface area contributed by atoms with Crippen LogP contribution >= 0.6 is 0 Å². The molecule has 4 rings (SSSR count). The van der Waals surface area contributed by atoms with Crippen LogP contribution in [0, 0.1) is 33.5 Å². The lowest BCUT2D eigenvalue weighted by molar-refractivity contribution is -0.182. The molecule has 0 aromatic carbocycles. The van der Waals surface area contributed by atoms with Crippen molar-refractivity contribution in [2.24, 2.45) is 33.5 Å². The molecule has 0 saturated heterocycles. The molecule has 0 unspecified atom stereocenters. The number of ketones is 1. The van der Waals surface area contributed by atoms with Gasteiger partial charge in [-0.25, -0.2) is 0 Å². The van der Waals surface area contributed by atoms with Gasteiger partial charge in [0, 0.05) is 11.8 Å². The second-order valence-electron chi connectivity index (χ2n) is 9.96. The lowest BCUT2D eigenvalue weighted by Gasteiger charge is -2.63. The Morgan fingerprint density at radius 2 is 1.74 bits per heavy atom. The molecule has 0 aliphatic heterocycles. The molecule has 0 aromatic heterocycles. The number of hydrogen-bond donors (Lipinski definition) is 1. The Balaban J connectivity index is 1.76. The summed E-state index contributed by atoms with van der Waals surface area (Å²) in [7, 11) is 0. The second-order valence-corrected chi connectivity index (χ2v) is 9.96. The van der Waals surface area contributed by atoms with Gasteiger partial charge >= 0.3 is 5.97 Å². The van der Waals surface area contributed by atoms with Crippen molar-refractivity contribution >= 4 is 11.8 Å². The maximum absolute atomic E-state index is 12.6. The van der Waals surface area contributed by atoms with E-state index in [1.54, 1.807) is 0 Å². The van der Waals surface area contributed by atoms with Crippen LogP contribution in [0.3, 0.4) is 0 Å². The Labute approximate surface area is 139 Å². The van der Waals surface area contributed by atoms with Gasteiger partial charge in [-0.2, -0.15) is 0 Å². The number of carboxylic acid groups (broad SMARTS) is 1. The van der Waals surface area contributed by atoms with Crippen molar-refractivity contribution in [1.82, 2.24) is 0 Å². The smallest absolute Gasteiger partial charge is 0.309 e. The van der Waals surface area contributed by atoms with Crippen LogP contribution in [0.25, 0.3) is 0 Å². The highest BCUT2D eigenvalue weighted by atomic mass is 16.4. The van der Waals surface area contributed by atoms with Crippen LogP contribution in [0.1, 0.15) is 78.6 Å². The first-order valence-corrected chi connectivity index (χ1v) is 9.43. The third-order valence-corrected chi connectivity index (χ3v) is 8.84. The Morgan fingerprint density at radius 3 is 2.43 bits per heavy atom. The van der Waals surface area contributed by atoms with E-state index < -0.39 is 11.4 Å². The van der Waals surface area contributed by atoms with E-state index in [4.69, 9.17) is 0 Å². The van der Waals surface area contributed by atoms with Gasteiger partial charge in [0.25, 0.3) is 0 Å². The molecule has 4 saturated carbocycles. The van der Waals surface area contributed by atoms with Crippen molar-refractivity contribution in [2.75, 3.05) is 0 Å². The van der Waals surface area contributed by atoms with Crippen molar-refractivity contribution in [1.29, 1.82) is 0 Å².